The van der Waals surface area contributed by atoms with Crippen LogP contribution in [0.5, 0.6) is 0 Å². The summed E-state index contributed by atoms with van der Waals surface area (Å²) < 4.78 is 8.76. The molecule has 2 aliphatic rings. The Kier molecular flexibility index (Phi) is 6.26. The molecule has 0 saturated heterocycles. The van der Waals surface area contributed by atoms with Crippen molar-refractivity contribution in [3.05, 3.63) is 59.2 Å². The third-order valence-electron chi connectivity index (χ3n) is 7.36. The van der Waals surface area contributed by atoms with Gasteiger partial charge in [0.1, 0.15) is 0 Å². The lowest BCUT2D eigenvalue weighted by molar-refractivity contribution is 0.0356. The Balaban J connectivity index is 1.70. The van der Waals surface area contributed by atoms with E-state index < -0.39 is 5.97 Å². The van der Waals surface area contributed by atoms with Crippen LogP contribution in [0.15, 0.2) is 42.5 Å². The lowest BCUT2D eigenvalue weighted by Crippen LogP contribution is -2.26. The summed E-state index contributed by atoms with van der Waals surface area (Å²) in [4.78, 5) is 14.0. The Morgan fingerprint density at radius 3 is 2.67 bits per heavy atom. The van der Waals surface area contributed by atoms with Crippen LogP contribution in [0, 0.1) is 0 Å². The quantitative estimate of drug-likeness (QED) is 0.539. The van der Waals surface area contributed by atoms with Gasteiger partial charge in [0.25, 0.3) is 0 Å². The van der Waals surface area contributed by atoms with Gasteiger partial charge in [0, 0.05) is 36.0 Å². The first-order valence-corrected chi connectivity index (χ1v) is 12.3. The number of aromatic nitrogens is 1. The third-order valence-corrected chi connectivity index (χ3v) is 7.36. The molecule has 1 fully saturated rings. The molecule has 0 radical (unpaired) electrons. The Labute approximate surface area is 196 Å². The van der Waals surface area contributed by atoms with Gasteiger partial charge < -0.3 is 19.3 Å². The number of likely N-dealkylation sites (N-methyl/N-ethyl adjacent to an activating group) is 1. The van der Waals surface area contributed by atoms with Gasteiger partial charge >= 0.3 is 5.97 Å². The van der Waals surface area contributed by atoms with E-state index in [1.165, 1.54) is 59.9 Å². The van der Waals surface area contributed by atoms with Crippen LogP contribution in [0.2, 0.25) is 0 Å². The van der Waals surface area contributed by atoms with Gasteiger partial charge in [-0.25, -0.2) is 4.79 Å². The summed E-state index contributed by atoms with van der Waals surface area (Å²) in [5.74, 6) is -0.355. The highest BCUT2D eigenvalue weighted by atomic mass is 16.5. The molecule has 0 spiro atoms. The molecule has 174 valence electrons. The number of ether oxygens (including phenoxy) is 1. The molecule has 0 bridgehead atoms. The summed E-state index contributed by atoms with van der Waals surface area (Å²) >= 11 is 0. The van der Waals surface area contributed by atoms with Gasteiger partial charge in [-0.3, -0.25) is 0 Å². The highest BCUT2D eigenvalue weighted by molar-refractivity contribution is 5.98. The van der Waals surface area contributed by atoms with E-state index in [0.29, 0.717) is 18.1 Å². The topological polar surface area (TPSA) is 54.7 Å². The van der Waals surface area contributed by atoms with Crippen LogP contribution in [0.4, 0.5) is 0 Å². The van der Waals surface area contributed by atoms with Gasteiger partial charge in [-0.05, 0) is 56.1 Å². The van der Waals surface area contributed by atoms with Crippen molar-refractivity contribution in [1.29, 1.82) is 0 Å². The van der Waals surface area contributed by atoms with E-state index in [4.69, 9.17) is 4.74 Å². The van der Waals surface area contributed by atoms with E-state index in [9.17, 15) is 9.90 Å². The molecule has 5 heteroatoms. The van der Waals surface area contributed by atoms with Gasteiger partial charge in [-0.1, -0.05) is 49.6 Å². The zero-order valence-corrected chi connectivity index (χ0v) is 19.7. The number of carbonyl (C=O) groups is 1. The molecular formula is C28H34N2O3. The molecule has 0 amide bonds. The van der Waals surface area contributed by atoms with Crippen molar-refractivity contribution in [2.45, 2.75) is 57.1 Å². The second kappa shape index (κ2) is 9.32. The van der Waals surface area contributed by atoms with Gasteiger partial charge in [0.05, 0.1) is 24.0 Å². The average Bonchev–Trinajstić information content (AvgIpc) is 3.03. The number of hydrogen-bond acceptors (Lipinski definition) is 3. The van der Waals surface area contributed by atoms with Crippen molar-refractivity contribution in [2.75, 3.05) is 27.2 Å². The summed E-state index contributed by atoms with van der Waals surface area (Å²) in [5.41, 5.74) is 6.69. The molecule has 1 unspecified atom stereocenters. The SMILES string of the molecule is CN(C)CCOC1Cc2ccccc2-c2c(C3CCCCC3)c3ccc(C(=O)O)cc3n2C1. The number of rotatable bonds is 6. The fraction of sp³-hybridized carbons (Fsp3) is 0.464. The summed E-state index contributed by atoms with van der Waals surface area (Å²) in [5, 5.41) is 10.9. The molecule has 1 atom stereocenters. The highest BCUT2D eigenvalue weighted by Gasteiger charge is 2.31. The molecule has 5 rings (SSSR count). The summed E-state index contributed by atoms with van der Waals surface area (Å²) in [7, 11) is 4.13. The number of carboxylic acids is 1. The second-order valence-electron chi connectivity index (χ2n) is 9.90. The Hall–Kier alpha value is -2.63. The number of nitrogens with zero attached hydrogens (tertiary/aromatic N) is 2. The van der Waals surface area contributed by atoms with Crippen molar-refractivity contribution in [3.63, 3.8) is 0 Å². The predicted octanol–water partition coefficient (Wildman–Crippen LogP) is 5.56. The Bertz CT molecular complexity index is 1160. The van der Waals surface area contributed by atoms with Gasteiger partial charge in [0.2, 0.25) is 0 Å². The number of fused-ring (bicyclic) bond motifs is 5. The van der Waals surface area contributed by atoms with Crippen LogP contribution in [-0.2, 0) is 17.7 Å². The van der Waals surface area contributed by atoms with Crippen LogP contribution in [0.25, 0.3) is 22.2 Å². The van der Waals surface area contributed by atoms with Crippen LogP contribution in [-0.4, -0.2) is 53.9 Å². The van der Waals surface area contributed by atoms with Crippen molar-refractivity contribution in [3.8, 4) is 11.3 Å². The molecule has 3 aromatic rings. The lowest BCUT2D eigenvalue weighted by Gasteiger charge is -2.24. The molecule has 5 nitrogen and oxygen atoms in total. The maximum atomic E-state index is 11.8. The molecule has 2 aromatic carbocycles. The normalized spacial score (nSPS) is 18.8. The molecule has 1 saturated carbocycles. The number of benzene rings is 2. The zero-order valence-electron chi connectivity index (χ0n) is 19.7. The Morgan fingerprint density at radius 2 is 1.91 bits per heavy atom. The van der Waals surface area contributed by atoms with E-state index in [1.54, 1.807) is 6.07 Å². The summed E-state index contributed by atoms with van der Waals surface area (Å²) in [6.07, 6.45) is 7.18. The number of hydrogen-bond donors (Lipinski definition) is 1. The first-order valence-electron chi connectivity index (χ1n) is 12.3. The average molecular weight is 447 g/mol. The fourth-order valence-electron chi connectivity index (χ4n) is 5.75. The molecule has 1 N–H and O–H groups in total. The van der Waals surface area contributed by atoms with E-state index in [0.717, 1.165) is 25.0 Å². The number of aromatic carboxylic acids is 1. The van der Waals surface area contributed by atoms with Gasteiger partial charge in [-0.2, -0.15) is 0 Å². The minimum atomic E-state index is -0.875. The smallest absolute Gasteiger partial charge is 0.335 e. The zero-order chi connectivity index (χ0) is 22.9. The molecular weight excluding hydrogens is 412 g/mol. The van der Waals surface area contributed by atoms with E-state index in [1.807, 2.05) is 6.07 Å². The largest absolute Gasteiger partial charge is 0.478 e. The summed E-state index contributed by atoms with van der Waals surface area (Å²) in [6.45, 7) is 2.31. The van der Waals surface area contributed by atoms with Gasteiger partial charge in [0.15, 0.2) is 0 Å². The van der Waals surface area contributed by atoms with Crippen LogP contribution >= 0.6 is 0 Å². The minimum absolute atomic E-state index is 0.0515. The minimum Gasteiger partial charge on any atom is -0.478 e. The van der Waals surface area contributed by atoms with E-state index in [-0.39, 0.29) is 6.10 Å². The fourth-order valence-corrected chi connectivity index (χ4v) is 5.75. The highest BCUT2D eigenvalue weighted by Crippen LogP contribution is 2.46. The Morgan fingerprint density at radius 1 is 1.12 bits per heavy atom. The van der Waals surface area contributed by atoms with E-state index >= 15 is 0 Å². The second-order valence-corrected chi connectivity index (χ2v) is 9.90. The van der Waals surface area contributed by atoms with Crippen molar-refractivity contribution < 1.29 is 14.6 Å². The maximum Gasteiger partial charge on any atom is 0.335 e. The number of carboxylic acid groups (broad SMARTS) is 1. The van der Waals surface area contributed by atoms with Crippen molar-refractivity contribution >= 4 is 16.9 Å². The molecule has 2 heterocycles. The van der Waals surface area contributed by atoms with Crippen molar-refractivity contribution in [1.82, 2.24) is 9.47 Å². The molecule has 1 aliphatic carbocycles. The van der Waals surface area contributed by atoms with Crippen molar-refractivity contribution in [2.24, 2.45) is 0 Å². The molecule has 33 heavy (non-hydrogen) atoms. The monoisotopic (exact) mass is 446 g/mol. The molecule has 1 aromatic heterocycles. The van der Waals surface area contributed by atoms with Crippen LogP contribution in [0.1, 0.15) is 59.5 Å². The molecule has 1 aliphatic heterocycles. The van der Waals surface area contributed by atoms with E-state index in [2.05, 4.69) is 53.9 Å². The standard InChI is InChI=1S/C28H34N2O3/c1-29(2)14-15-33-22-16-20-10-6-7-11-23(20)27-26(19-8-4-3-5-9-19)24-13-12-21(28(31)32)17-25(24)30(27)18-22/h6-7,10-13,17,19,22H,3-5,8-9,14-16,18H2,1-2H3,(H,31,32). The maximum absolute atomic E-state index is 11.8. The van der Waals surface area contributed by atoms with Crippen LogP contribution < -0.4 is 0 Å². The first-order chi connectivity index (χ1) is 16.0. The third kappa shape index (κ3) is 4.32. The first kappa shape index (κ1) is 22.2. The van der Waals surface area contributed by atoms with Gasteiger partial charge in [-0.15, -0.1) is 0 Å². The van der Waals surface area contributed by atoms with Crippen LogP contribution in [0.3, 0.4) is 0 Å². The summed E-state index contributed by atoms with van der Waals surface area (Å²) in [6, 6.07) is 14.4. The lowest BCUT2D eigenvalue weighted by atomic mass is 9.81. The predicted molar refractivity (Wildman–Crippen MR) is 132 cm³/mol.